The summed E-state index contributed by atoms with van der Waals surface area (Å²) in [5.74, 6) is -0.641. The summed E-state index contributed by atoms with van der Waals surface area (Å²) in [5, 5.41) is 5.07. The molecule has 0 bridgehead atoms. The number of amides is 2. The zero-order valence-corrected chi connectivity index (χ0v) is 20.4. The fraction of sp³-hybridized carbons (Fsp3) is 0.379. The number of hydrogen-bond acceptors (Lipinski definition) is 4. The van der Waals surface area contributed by atoms with Crippen LogP contribution in [0.3, 0.4) is 0 Å². The van der Waals surface area contributed by atoms with Gasteiger partial charge in [-0.1, -0.05) is 48.5 Å². The van der Waals surface area contributed by atoms with E-state index in [0.717, 1.165) is 42.3 Å². The van der Waals surface area contributed by atoms with Crippen LogP contribution in [0.25, 0.3) is 10.8 Å². The molecule has 0 radical (unpaired) electrons. The van der Waals surface area contributed by atoms with Gasteiger partial charge in [0.1, 0.15) is 5.82 Å². The molecule has 2 heterocycles. The van der Waals surface area contributed by atoms with Gasteiger partial charge in [0.05, 0.1) is 25.2 Å². The number of rotatable bonds is 6. The molecule has 0 spiro atoms. The summed E-state index contributed by atoms with van der Waals surface area (Å²) in [6.07, 6.45) is 1.53. The number of likely N-dealkylation sites (tertiary alicyclic amines) is 1. The number of carbonyl (C=O) groups is 2. The lowest BCUT2D eigenvalue weighted by Gasteiger charge is -2.36. The van der Waals surface area contributed by atoms with Crippen LogP contribution in [-0.4, -0.2) is 67.6 Å². The molecule has 0 aromatic heterocycles. The van der Waals surface area contributed by atoms with Gasteiger partial charge in [0.15, 0.2) is 0 Å². The molecule has 188 valence electrons. The molecule has 2 fully saturated rings. The average Bonchev–Trinajstić information content (AvgIpc) is 2.93. The van der Waals surface area contributed by atoms with Gasteiger partial charge in [0.2, 0.25) is 5.91 Å². The van der Waals surface area contributed by atoms with Crippen LogP contribution in [0.2, 0.25) is 0 Å². The molecule has 7 heteroatoms. The molecule has 36 heavy (non-hydrogen) atoms. The number of carbonyl (C=O) groups excluding carboxylic acids is 2. The lowest BCUT2D eigenvalue weighted by molar-refractivity contribution is -0.126. The number of nitrogens with one attached hydrogen (secondary N) is 1. The van der Waals surface area contributed by atoms with Crippen molar-refractivity contribution in [2.24, 2.45) is 5.92 Å². The number of ether oxygens (including phenoxy) is 1. The van der Waals surface area contributed by atoms with Gasteiger partial charge in [0.25, 0.3) is 5.91 Å². The fourth-order valence-electron chi connectivity index (χ4n) is 5.36. The van der Waals surface area contributed by atoms with E-state index < -0.39 is 0 Å². The van der Waals surface area contributed by atoms with E-state index >= 15 is 0 Å². The summed E-state index contributed by atoms with van der Waals surface area (Å²) in [4.78, 5) is 30.7. The standard InChI is InChI=1S/C29H32FN3O3/c30-24-10-3-8-22(18-24)27(32-14-16-36-17-15-32)19-31-28(34)23-9-5-13-33(20-23)29(35)26-12-4-7-21-6-1-2-11-25(21)26/h1-4,6-8,10-12,18,23,27H,5,9,13-17,19-20H2,(H,31,34). The van der Waals surface area contributed by atoms with Gasteiger partial charge in [-0.15, -0.1) is 0 Å². The average molecular weight is 490 g/mol. The molecule has 1 N–H and O–H groups in total. The predicted octanol–water partition coefficient (Wildman–Crippen LogP) is 4.02. The lowest BCUT2D eigenvalue weighted by atomic mass is 9.95. The van der Waals surface area contributed by atoms with Crippen LogP contribution in [0.1, 0.15) is 34.8 Å². The fourth-order valence-corrected chi connectivity index (χ4v) is 5.36. The van der Waals surface area contributed by atoms with Crippen molar-refractivity contribution in [3.05, 3.63) is 83.7 Å². The summed E-state index contributed by atoms with van der Waals surface area (Å²) in [5.41, 5.74) is 1.52. The second-order valence-electron chi connectivity index (χ2n) is 9.58. The Kier molecular flexibility index (Phi) is 7.58. The molecule has 2 atom stereocenters. The number of fused-ring (bicyclic) bond motifs is 1. The van der Waals surface area contributed by atoms with Crippen molar-refractivity contribution < 1.29 is 18.7 Å². The minimum absolute atomic E-state index is 0.0322. The third-order valence-corrected chi connectivity index (χ3v) is 7.29. The molecule has 2 saturated heterocycles. The maximum absolute atomic E-state index is 14.0. The van der Waals surface area contributed by atoms with E-state index in [0.29, 0.717) is 38.4 Å². The summed E-state index contributed by atoms with van der Waals surface area (Å²) in [6.45, 7) is 4.13. The first kappa shape index (κ1) is 24.4. The highest BCUT2D eigenvalue weighted by atomic mass is 19.1. The van der Waals surface area contributed by atoms with Crippen molar-refractivity contribution in [1.29, 1.82) is 0 Å². The molecule has 3 aromatic carbocycles. The molecule has 5 rings (SSSR count). The Morgan fingerprint density at radius 1 is 1.00 bits per heavy atom. The van der Waals surface area contributed by atoms with E-state index in [1.54, 1.807) is 6.07 Å². The Bertz CT molecular complexity index is 1220. The van der Waals surface area contributed by atoms with Gasteiger partial charge in [-0.25, -0.2) is 4.39 Å². The van der Waals surface area contributed by atoms with E-state index in [2.05, 4.69) is 10.2 Å². The third-order valence-electron chi connectivity index (χ3n) is 7.29. The maximum Gasteiger partial charge on any atom is 0.254 e. The molecule has 2 amide bonds. The Morgan fingerprint density at radius 2 is 1.78 bits per heavy atom. The van der Waals surface area contributed by atoms with Crippen molar-refractivity contribution in [3.8, 4) is 0 Å². The first-order valence-corrected chi connectivity index (χ1v) is 12.7. The smallest absolute Gasteiger partial charge is 0.254 e. The van der Waals surface area contributed by atoms with Gasteiger partial charge in [0, 0.05) is 38.3 Å². The minimum Gasteiger partial charge on any atom is -0.379 e. The summed E-state index contributed by atoms with van der Waals surface area (Å²) in [7, 11) is 0. The molecule has 6 nitrogen and oxygen atoms in total. The number of hydrogen-bond donors (Lipinski definition) is 1. The predicted molar refractivity (Wildman–Crippen MR) is 137 cm³/mol. The van der Waals surface area contributed by atoms with Crippen LogP contribution in [0.5, 0.6) is 0 Å². The number of benzene rings is 3. The Labute approximate surface area is 211 Å². The number of morpholine rings is 1. The minimum atomic E-state index is -0.285. The zero-order valence-electron chi connectivity index (χ0n) is 20.4. The summed E-state index contributed by atoms with van der Waals surface area (Å²) < 4.78 is 19.5. The van der Waals surface area contributed by atoms with Crippen LogP contribution in [0, 0.1) is 11.7 Å². The largest absolute Gasteiger partial charge is 0.379 e. The second-order valence-corrected chi connectivity index (χ2v) is 9.58. The normalized spacial score (nSPS) is 19.7. The van der Waals surface area contributed by atoms with E-state index in [1.165, 1.54) is 12.1 Å². The molecule has 0 saturated carbocycles. The lowest BCUT2D eigenvalue weighted by Crippen LogP contribution is -2.48. The van der Waals surface area contributed by atoms with Crippen LogP contribution in [0.15, 0.2) is 66.7 Å². The van der Waals surface area contributed by atoms with E-state index in [4.69, 9.17) is 4.74 Å². The quantitative estimate of drug-likeness (QED) is 0.568. The summed E-state index contributed by atoms with van der Waals surface area (Å²) in [6, 6.07) is 20.1. The number of piperidine rings is 1. The van der Waals surface area contributed by atoms with Crippen LogP contribution >= 0.6 is 0 Å². The van der Waals surface area contributed by atoms with Gasteiger partial charge < -0.3 is 15.0 Å². The van der Waals surface area contributed by atoms with Crippen molar-refractivity contribution in [2.75, 3.05) is 45.9 Å². The number of halogens is 1. The van der Waals surface area contributed by atoms with Gasteiger partial charge in [-0.2, -0.15) is 0 Å². The van der Waals surface area contributed by atoms with Crippen molar-refractivity contribution in [3.63, 3.8) is 0 Å². The van der Waals surface area contributed by atoms with Gasteiger partial charge >= 0.3 is 0 Å². The second kappa shape index (κ2) is 11.2. The Hall–Kier alpha value is -3.29. The molecule has 3 aromatic rings. The molecular formula is C29H32FN3O3. The van der Waals surface area contributed by atoms with Crippen LogP contribution in [0.4, 0.5) is 4.39 Å². The Morgan fingerprint density at radius 3 is 2.61 bits per heavy atom. The molecule has 2 aliphatic rings. The summed E-state index contributed by atoms with van der Waals surface area (Å²) >= 11 is 0. The SMILES string of the molecule is O=C(NCC(c1cccc(F)c1)N1CCOCC1)C1CCCN(C(=O)c2cccc3ccccc23)C1. The maximum atomic E-state index is 14.0. The first-order chi connectivity index (χ1) is 17.6. The van der Waals surface area contributed by atoms with Crippen molar-refractivity contribution in [1.82, 2.24) is 15.1 Å². The molecule has 2 unspecified atom stereocenters. The third kappa shape index (κ3) is 5.42. The molecule has 0 aliphatic carbocycles. The van der Waals surface area contributed by atoms with Crippen LogP contribution < -0.4 is 5.32 Å². The van der Waals surface area contributed by atoms with E-state index in [-0.39, 0.29) is 29.6 Å². The highest BCUT2D eigenvalue weighted by Gasteiger charge is 2.31. The molecule has 2 aliphatic heterocycles. The molecular weight excluding hydrogens is 457 g/mol. The zero-order chi connectivity index (χ0) is 24.9. The highest BCUT2D eigenvalue weighted by molar-refractivity contribution is 6.07. The van der Waals surface area contributed by atoms with Gasteiger partial charge in [-0.3, -0.25) is 14.5 Å². The Balaban J connectivity index is 1.26. The van der Waals surface area contributed by atoms with Crippen molar-refractivity contribution in [2.45, 2.75) is 18.9 Å². The first-order valence-electron chi connectivity index (χ1n) is 12.7. The van der Waals surface area contributed by atoms with Crippen molar-refractivity contribution >= 4 is 22.6 Å². The number of nitrogens with zero attached hydrogens (tertiary/aromatic N) is 2. The van der Waals surface area contributed by atoms with E-state index in [9.17, 15) is 14.0 Å². The van der Waals surface area contributed by atoms with E-state index in [1.807, 2.05) is 53.4 Å². The van der Waals surface area contributed by atoms with Gasteiger partial charge in [-0.05, 0) is 47.4 Å². The van der Waals surface area contributed by atoms with Crippen LogP contribution in [-0.2, 0) is 9.53 Å². The monoisotopic (exact) mass is 489 g/mol. The highest BCUT2D eigenvalue weighted by Crippen LogP contribution is 2.25. The topological polar surface area (TPSA) is 61.9 Å².